The van der Waals surface area contributed by atoms with Gasteiger partial charge < -0.3 is 10.2 Å². The minimum Gasteiger partial charge on any atom is -0.351 e. The number of benzene rings is 1. The number of carbonyl (C=O) groups is 2. The van der Waals surface area contributed by atoms with Crippen LogP contribution < -0.4 is 10.6 Å². The Bertz CT molecular complexity index is 795. The van der Waals surface area contributed by atoms with E-state index in [2.05, 4.69) is 27.6 Å². The molecule has 0 spiro atoms. The fourth-order valence-corrected chi connectivity index (χ4v) is 3.72. The van der Waals surface area contributed by atoms with Gasteiger partial charge in [0, 0.05) is 18.0 Å². The van der Waals surface area contributed by atoms with Gasteiger partial charge in [0.1, 0.15) is 11.5 Å². The Morgan fingerprint density at radius 1 is 1.35 bits per heavy atom. The number of likely N-dealkylation sites (tertiary alicyclic amines) is 1. The van der Waals surface area contributed by atoms with Gasteiger partial charge >= 0.3 is 0 Å². The third-order valence-electron chi connectivity index (χ3n) is 4.51. The number of nitrogens with zero attached hydrogens (tertiary/aromatic N) is 2. The van der Waals surface area contributed by atoms with Crippen molar-refractivity contribution in [1.29, 1.82) is 0 Å². The summed E-state index contributed by atoms with van der Waals surface area (Å²) >= 11 is 1.13. The Balaban J connectivity index is 1.51. The number of aromatic nitrogens is 1. The lowest BCUT2D eigenvalue weighted by Crippen LogP contribution is -2.31. The van der Waals surface area contributed by atoms with Gasteiger partial charge in [-0.05, 0) is 45.0 Å². The Morgan fingerprint density at radius 3 is 2.88 bits per heavy atom. The van der Waals surface area contributed by atoms with Crippen molar-refractivity contribution in [3.8, 4) is 0 Å². The van der Waals surface area contributed by atoms with Crippen LogP contribution in [0.2, 0.25) is 0 Å². The van der Waals surface area contributed by atoms with Crippen molar-refractivity contribution >= 4 is 28.3 Å². The van der Waals surface area contributed by atoms with Gasteiger partial charge in [-0.2, -0.15) is 0 Å². The van der Waals surface area contributed by atoms with Crippen LogP contribution in [0.4, 0.5) is 9.52 Å². The second kappa shape index (κ2) is 8.37. The second-order valence-corrected chi connectivity index (χ2v) is 7.15. The molecule has 6 nitrogen and oxygen atoms in total. The smallest absolute Gasteiger partial charge is 0.270 e. The third-order valence-corrected chi connectivity index (χ3v) is 5.27. The Morgan fingerprint density at radius 2 is 2.15 bits per heavy atom. The highest BCUT2D eigenvalue weighted by molar-refractivity contribution is 7.14. The molecule has 0 bridgehead atoms. The van der Waals surface area contributed by atoms with Crippen molar-refractivity contribution in [2.75, 3.05) is 25.5 Å². The Hall–Kier alpha value is -2.32. The topological polar surface area (TPSA) is 74.3 Å². The molecule has 0 aliphatic carbocycles. The predicted octanol–water partition coefficient (Wildman–Crippen LogP) is 2.75. The fourth-order valence-electron chi connectivity index (χ4n) is 3.03. The molecular formula is C18H21FN4O2S. The molecule has 1 aliphatic rings. The number of hydrogen-bond acceptors (Lipinski definition) is 5. The second-order valence-electron chi connectivity index (χ2n) is 6.29. The van der Waals surface area contributed by atoms with Crippen LogP contribution in [0.15, 0.2) is 29.6 Å². The summed E-state index contributed by atoms with van der Waals surface area (Å²) in [5.41, 5.74) is 0.188. The van der Waals surface area contributed by atoms with Crippen molar-refractivity contribution < 1.29 is 14.0 Å². The maximum atomic E-state index is 13.6. The summed E-state index contributed by atoms with van der Waals surface area (Å²) < 4.78 is 13.6. The average molecular weight is 376 g/mol. The highest BCUT2D eigenvalue weighted by atomic mass is 32.1. The van der Waals surface area contributed by atoms with E-state index in [0.29, 0.717) is 12.6 Å². The third kappa shape index (κ3) is 4.44. The van der Waals surface area contributed by atoms with Crippen LogP contribution in [0, 0.1) is 5.82 Å². The summed E-state index contributed by atoms with van der Waals surface area (Å²) in [6.45, 7) is 1.69. The van der Waals surface area contributed by atoms with Gasteiger partial charge in [-0.1, -0.05) is 12.1 Å². The van der Waals surface area contributed by atoms with Crippen molar-refractivity contribution in [1.82, 2.24) is 15.2 Å². The number of thiazole rings is 1. The van der Waals surface area contributed by atoms with Crippen LogP contribution in [0.3, 0.4) is 0 Å². The number of halogens is 1. The molecular weight excluding hydrogens is 355 g/mol. The molecule has 3 rings (SSSR count). The van der Waals surface area contributed by atoms with Crippen LogP contribution in [0.25, 0.3) is 0 Å². The number of amides is 2. The molecule has 8 heteroatoms. The first kappa shape index (κ1) is 18.5. The Labute approximate surface area is 155 Å². The summed E-state index contributed by atoms with van der Waals surface area (Å²) in [7, 11) is 2.10. The quantitative estimate of drug-likeness (QED) is 0.813. The number of carbonyl (C=O) groups excluding carboxylic acids is 2. The molecule has 1 fully saturated rings. The van der Waals surface area contributed by atoms with E-state index in [0.717, 1.165) is 30.7 Å². The lowest BCUT2D eigenvalue weighted by molar-refractivity contribution is 0.0944. The molecule has 1 aromatic heterocycles. The van der Waals surface area contributed by atoms with Crippen molar-refractivity contribution in [3.05, 3.63) is 46.7 Å². The van der Waals surface area contributed by atoms with Gasteiger partial charge in [0.2, 0.25) is 0 Å². The number of anilines is 1. The van der Waals surface area contributed by atoms with E-state index in [1.54, 1.807) is 11.4 Å². The summed E-state index contributed by atoms with van der Waals surface area (Å²) in [5.74, 6) is -1.46. The standard InChI is InChI=1S/C18H21FN4O2S/c1-23-10-4-5-12(23)8-9-20-17(25)15-11-26-18(21-15)22-16(24)13-6-2-3-7-14(13)19/h2-3,6-7,11-12H,4-5,8-10H2,1H3,(H,20,25)(H,21,22,24). The monoisotopic (exact) mass is 376 g/mol. The van der Waals surface area contributed by atoms with E-state index >= 15 is 0 Å². The normalized spacial score (nSPS) is 17.2. The van der Waals surface area contributed by atoms with E-state index in [4.69, 9.17) is 0 Å². The summed E-state index contributed by atoms with van der Waals surface area (Å²) in [5, 5.41) is 7.22. The van der Waals surface area contributed by atoms with E-state index in [-0.39, 0.29) is 22.3 Å². The molecule has 2 N–H and O–H groups in total. The van der Waals surface area contributed by atoms with Gasteiger partial charge in [0.05, 0.1) is 5.56 Å². The lowest BCUT2D eigenvalue weighted by atomic mass is 10.1. The van der Waals surface area contributed by atoms with Crippen LogP contribution in [-0.2, 0) is 0 Å². The molecule has 26 heavy (non-hydrogen) atoms. The fraction of sp³-hybridized carbons (Fsp3) is 0.389. The molecule has 1 atom stereocenters. The van der Waals surface area contributed by atoms with E-state index in [9.17, 15) is 14.0 Å². The van der Waals surface area contributed by atoms with Crippen LogP contribution in [0.1, 0.15) is 40.1 Å². The maximum Gasteiger partial charge on any atom is 0.270 e. The molecule has 2 heterocycles. The first-order chi connectivity index (χ1) is 12.5. The van der Waals surface area contributed by atoms with Crippen LogP contribution in [0.5, 0.6) is 0 Å². The van der Waals surface area contributed by atoms with E-state index < -0.39 is 11.7 Å². The minimum absolute atomic E-state index is 0.0608. The highest BCUT2D eigenvalue weighted by Crippen LogP contribution is 2.19. The molecule has 1 unspecified atom stereocenters. The number of hydrogen-bond donors (Lipinski definition) is 2. The summed E-state index contributed by atoms with van der Waals surface area (Å²) in [6.07, 6.45) is 3.27. The zero-order valence-electron chi connectivity index (χ0n) is 14.5. The maximum absolute atomic E-state index is 13.6. The molecule has 1 aromatic carbocycles. The van der Waals surface area contributed by atoms with Gasteiger partial charge in [-0.25, -0.2) is 9.37 Å². The molecule has 138 valence electrons. The lowest BCUT2D eigenvalue weighted by Gasteiger charge is -2.19. The highest BCUT2D eigenvalue weighted by Gasteiger charge is 2.21. The average Bonchev–Trinajstić information content (AvgIpc) is 3.24. The summed E-state index contributed by atoms with van der Waals surface area (Å²) in [6, 6.07) is 6.23. The minimum atomic E-state index is -0.601. The predicted molar refractivity (Wildman–Crippen MR) is 99.1 cm³/mol. The first-order valence-corrected chi connectivity index (χ1v) is 9.42. The number of nitrogens with one attached hydrogen (secondary N) is 2. The van der Waals surface area contributed by atoms with Gasteiger partial charge in [0.15, 0.2) is 5.13 Å². The van der Waals surface area contributed by atoms with Crippen LogP contribution in [-0.4, -0.2) is 47.9 Å². The van der Waals surface area contributed by atoms with Crippen molar-refractivity contribution in [2.45, 2.75) is 25.3 Å². The largest absolute Gasteiger partial charge is 0.351 e. The molecule has 1 aliphatic heterocycles. The molecule has 0 saturated carbocycles. The van der Waals surface area contributed by atoms with Crippen LogP contribution >= 0.6 is 11.3 Å². The van der Waals surface area contributed by atoms with E-state index in [1.807, 2.05) is 0 Å². The summed E-state index contributed by atoms with van der Waals surface area (Å²) in [4.78, 5) is 30.7. The zero-order valence-corrected chi connectivity index (χ0v) is 15.3. The SMILES string of the molecule is CN1CCCC1CCNC(=O)c1csc(NC(=O)c2ccccc2F)n1. The van der Waals surface area contributed by atoms with Crippen molar-refractivity contribution in [3.63, 3.8) is 0 Å². The van der Waals surface area contributed by atoms with Gasteiger partial charge in [0.25, 0.3) is 11.8 Å². The molecule has 0 radical (unpaired) electrons. The number of rotatable bonds is 6. The molecule has 2 aromatic rings. The Kier molecular flexibility index (Phi) is 5.95. The van der Waals surface area contributed by atoms with Gasteiger partial charge in [-0.15, -0.1) is 11.3 Å². The zero-order chi connectivity index (χ0) is 18.5. The van der Waals surface area contributed by atoms with Crippen molar-refractivity contribution in [2.24, 2.45) is 0 Å². The molecule has 2 amide bonds. The molecule has 1 saturated heterocycles. The van der Waals surface area contributed by atoms with Gasteiger partial charge in [-0.3, -0.25) is 14.9 Å². The first-order valence-electron chi connectivity index (χ1n) is 8.54. The van der Waals surface area contributed by atoms with E-state index in [1.165, 1.54) is 24.6 Å².